The SMILES string of the molecule is Cc1ccc(C#Cc2ccc(C#CC3CCC(C)CC3)cc2F)c(C)c1.Cc1ccc(C#Cc2ccc(C#CC3CCC(C)CC3)cc2F)cc1C. The van der Waals surface area contributed by atoms with Gasteiger partial charge in [-0.15, -0.1) is 0 Å². The molecule has 2 aliphatic carbocycles. The molecule has 2 heteroatoms. The Morgan fingerprint density at radius 3 is 1.35 bits per heavy atom. The van der Waals surface area contributed by atoms with E-state index in [0.717, 1.165) is 65.3 Å². The van der Waals surface area contributed by atoms with E-state index in [0.29, 0.717) is 23.0 Å². The van der Waals surface area contributed by atoms with Crippen LogP contribution in [0.15, 0.2) is 72.8 Å². The molecule has 2 fully saturated rings. The van der Waals surface area contributed by atoms with Gasteiger partial charge < -0.3 is 0 Å². The van der Waals surface area contributed by atoms with E-state index in [4.69, 9.17) is 0 Å². The summed E-state index contributed by atoms with van der Waals surface area (Å²) in [6, 6.07) is 22.4. The zero-order chi connectivity index (χ0) is 37.0. The Kier molecular flexibility index (Phi) is 13.6. The average molecular weight is 689 g/mol. The topological polar surface area (TPSA) is 0 Å². The van der Waals surface area contributed by atoms with Crippen LogP contribution in [0.5, 0.6) is 0 Å². The lowest BCUT2D eigenvalue weighted by molar-refractivity contribution is 0.337. The van der Waals surface area contributed by atoms with Gasteiger partial charge in [0.1, 0.15) is 11.6 Å². The van der Waals surface area contributed by atoms with E-state index >= 15 is 0 Å². The summed E-state index contributed by atoms with van der Waals surface area (Å²) in [5.74, 6) is 26.9. The molecule has 0 spiro atoms. The number of hydrogen-bond acceptors (Lipinski definition) is 0. The first kappa shape index (κ1) is 38.2. The van der Waals surface area contributed by atoms with Gasteiger partial charge in [0.15, 0.2) is 0 Å². The fourth-order valence-electron chi connectivity index (χ4n) is 6.62. The second-order valence-corrected chi connectivity index (χ2v) is 15.0. The predicted octanol–water partition coefficient (Wildman–Crippen LogP) is 12.0. The van der Waals surface area contributed by atoms with Gasteiger partial charge in [0.2, 0.25) is 0 Å². The molecular weight excluding hydrogens is 639 g/mol. The van der Waals surface area contributed by atoms with Crippen LogP contribution in [0.2, 0.25) is 0 Å². The molecule has 4 aromatic carbocycles. The van der Waals surface area contributed by atoms with Crippen molar-refractivity contribution in [2.45, 2.75) is 92.9 Å². The number of aryl methyl sites for hydroxylation is 4. The molecule has 4 aromatic rings. The summed E-state index contributed by atoms with van der Waals surface area (Å²) in [6.07, 6.45) is 9.65. The fourth-order valence-corrected chi connectivity index (χ4v) is 6.62. The van der Waals surface area contributed by atoms with Crippen molar-refractivity contribution < 1.29 is 8.78 Å². The number of benzene rings is 4. The summed E-state index contributed by atoms with van der Waals surface area (Å²) in [5.41, 5.74) is 8.89. The number of hydrogen-bond donors (Lipinski definition) is 0. The zero-order valence-corrected chi connectivity index (χ0v) is 31.7. The summed E-state index contributed by atoms with van der Waals surface area (Å²) < 4.78 is 28.7. The third-order valence-corrected chi connectivity index (χ3v) is 10.4. The van der Waals surface area contributed by atoms with Crippen molar-refractivity contribution in [3.05, 3.63) is 140 Å². The van der Waals surface area contributed by atoms with Crippen LogP contribution in [-0.2, 0) is 0 Å². The standard InChI is InChI=1S/2C25H25F/c1-18-4-7-21(8-5-18)9-10-22-11-13-24(25(26)17-22)15-14-23-12-6-19(2)16-20(23)3;1-18-4-7-21(8-5-18)10-11-23-13-15-24(25(26)17-23)14-12-22-9-6-19(2)20(3)16-22/h6,11-13,16-18,21H,4-5,7-8H2,1-3H3;6,9,13,15-18,21H,4-5,7-8H2,1-3H3. The van der Waals surface area contributed by atoms with Gasteiger partial charge in [-0.05, 0) is 162 Å². The van der Waals surface area contributed by atoms with Gasteiger partial charge in [-0.3, -0.25) is 0 Å². The van der Waals surface area contributed by atoms with E-state index in [1.54, 1.807) is 12.1 Å². The van der Waals surface area contributed by atoms with Crippen molar-refractivity contribution in [1.29, 1.82) is 0 Å². The highest BCUT2D eigenvalue weighted by Gasteiger charge is 2.17. The largest absolute Gasteiger partial charge is 0.206 e. The highest BCUT2D eigenvalue weighted by molar-refractivity contribution is 5.50. The summed E-state index contributed by atoms with van der Waals surface area (Å²) in [4.78, 5) is 0. The van der Waals surface area contributed by atoms with Crippen molar-refractivity contribution in [2.75, 3.05) is 0 Å². The first-order valence-corrected chi connectivity index (χ1v) is 18.8. The molecule has 0 N–H and O–H groups in total. The maximum Gasteiger partial charge on any atom is 0.140 e. The van der Waals surface area contributed by atoms with Crippen molar-refractivity contribution in [3.63, 3.8) is 0 Å². The van der Waals surface area contributed by atoms with E-state index in [1.165, 1.54) is 54.5 Å². The third-order valence-electron chi connectivity index (χ3n) is 10.4. The highest BCUT2D eigenvalue weighted by atomic mass is 19.1. The van der Waals surface area contributed by atoms with Crippen LogP contribution >= 0.6 is 0 Å². The molecule has 0 radical (unpaired) electrons. The normalized spacial score (nSPS) is 19.1. The van der Waals surface area contributed by atoms with Gasteiger partial charge in [0.25, 0.3) is 0 Å². The highest BCUT2D eigenvalue weighted by Crippen LogP contribution is 2.28. The Morgan fingerprint density at radius 1 is 0.423 bits per heavy atom. The predicted molar refractivity (Wildman–Crippen MR) is 213 cm³/mol. The first-order chi connectivity index (χ1) is 25.0. The molecule has 0 aromatic heterocycles. The van der Waals surface area contributed by atoms with Crippen LogP contribution in [-0.4, -0.2) is 0 Å². The minimum Gasteiger partial charge on any atom is -0.206 e. The number of rotatable bonds is 0. The van der Waals surface area contributed by atoms with Crippen LogP contribution < -0.4 is 0 Å². The van der Waals surface area contributed by atoms with Gasteiger partial charge in [-0.25, -0.2) is 8.78 Å². The van der Waals surface area contributed by atoms with E-state index in [1.807, 2.05) is 49.4 Å². The van der Waals surface area contributed by atoms with Crippen molar-refractivity contribution in [1.82, 2.24) is 0 Å². The lowest BCUT2D eigenvalue weighted by Crippen LogP contribution is -2.10. The van der Waals surface area contributed by atoms with Gasteiger partial charge in [-0.1, -0.05) is 85.0 Å². The third kappa shape index (κ3) is 11.5. The van der Waals surface area contributed by atoms with Gasteiger partial charge in [0.05, 0.1) is 11.1 Å². The minimum atomic E-state index is -0.301. The molecule has 2 saturated carbocycles. The second-order valence-electron chi connectivity index (χ2n) is 15.0. The van der Waals surface area contributed by atoms with Crippen molar-refractivity contribution in [3.8, 4) is 47.4 Å². The van der Waals surface area contributed by atoms with Crippen LogP contribution in [0.3, 0.4) is 0 Å². The summed E-state index contributed by atoms with van der Waals surface area (Å²) in [6.45, 7) is 12.8. The monoisotopic (exact) mass is 688 g/mol. The number of halogens is 2. The summed E-state index contributed by atoms with van der Waals surface area (Å²) >= 11 is 0. The van der Waals surface area contributed by atoms with Gasteiger partial charge in [0, 0.05) is 34.1 Å². The molecule has 0 amide bonds. The molecule has 0 aliphatic heterocycles. The zero-order valence-electron chi connectivity index (χ0n) is 31.7. The molecule has 0 bridgehead atoms. The molecule has 0 saturated heterocycles. The van der Waals surface area contributed by atoms with E-state index in [9.17, 15) is 8.78 Å². The van der Waals surface area contributed by atoms with Crippen LogP contribution in [0.4, 0.5) is 8.78 Å². The van der Waals surface area contributed by atoms with Gasteiger partial charge in [-0.2, -0.15) is 0 Å². The van der Waals surface area contributed by atoms with Gasteiger partial charge >= 0.3 is 0 Å². The molecule has 52 heavy (non-hydrogen) atoms. The van der Waals surface area contributed by atoms with Crippen LogP contribution in [0.25, 0.3) is 0 Å². The fraction of sp³-hybridized carbons (Fsp3) is 0.360. The Balaban J connectivity index is 0.000000201. The quantitative estimate of drug-likeness (QED) is 0.161. The Morgan fingerprint density at radius 2 is 0.865 bits per heavy atom. The van der Waals surface area contributed by atoms with Crippen molar-refractivity contribution >= 4 is 0 Å². The summed E-state index contributed by atoms with van der Waals surface area (Å²) in [7, 11) is 0. The average Bonchev–Trinajstić information content (AvgIpc) is 3.13. The minimum absolute atomic E-state index is 0.300. The maximum atomic E-state index is 14.4. The Bertz CT molecular complexity index is 2120. The van der Waals surface area contributed by atoms with Crippen LogP contribution in [0.1, 0.15) is 121 Å². The molecule has 0 atom stereocenters. The van der Waals surface area contributed by atoms with E-state index in [-0.39, 0.29) is 11.6 Å². The van der Waals surface area contributed by atoms with E-state index in [2.05, 4.69) is 88.0 Å². The summed E-state index contributed by atoms with van der Waals surface area (Å²) in [5, 5.41) is 0. The maximum absolute atomic E-state index is 14.4. The lowest BCUT2D eigenvalue weighted by Gasteiger charge is -2.21. The molecular formula is C50H50F2. The van der Waals surface area contributed by atoms with E-state index < -0.39 is 0 Å². The Labute approximate surface area is 311 Å². The van der Waals surface area contributed by atoms with Crippen molar-refractivity contribution in [2.24, 2.45) is 23.7 Å². The molecule has 264 valence electrons. The first-order valence-electron chi connectivity index (χ1n) is 18.8. The molecule has 2 aliphatic rings. The Hall–Kier alpha value is -5.02. The molecule has 6 rings (SSSR count). The molecule has 0 unspecified atom stereocenters. The molecule has 0 nitrogen and oxygen atoms in total. The second kappa shape index (κ2) is 18.5. The lowest BCUT2D eigenvalue weighted by atomic mass is 9.83. The molecule has 0 heterocycles. The smallest absolute Gasteiger partial charge is 0.140 e. The van der Waals surface area contributed by atoms with Crippen LogP contribution in [0, 0.1) is 110 Å².